The van der Waals surface area contributed by atoms with Gasteiger partial charge in [0.1, 0.15) is 4.47 Å². The molecule has 1 aromatic heterocycles. The second-order valence-electron chi connectivity index (χ2n) is 3.83. The van der Waals surface area contributed by atoms with Gasteiger partial charge in [0.25, 0.3) is 5.56 Å². The Morgan fingerprint density at radius 2 is 2.32 bits per heavy atom. The molecule has 19 heavy (non-hydrogen) atoms. The molecule has 0 aliphatic carbocycles. The number of aliphatic hydroxyl groups is 1. The van der Waals surface area contributed by atoms with Crippen molar-refractivity contribution in [3.05, 3.63) is 21.0 Å². The van der Waals surface area contributed by atoms with Crippen LogP contribution in [0.3, 0.4) is 0 Å². The van der Waals surface area contributed by atoms with Crippen LogP contribution < -0.4 is 16.2 Å². The average molecular weight is 333 g/mol. The van der Waals surface area contributed by atoms with E-state index in [0.717, 1.165) is 11.1 Å². The van der Waals surface area contributed by atoms with E-state index in [1.54, 1.807) is 0 Å². The summed E-state index contributed by atoms with van der Waals surface area (Å²) in [5.41, 5.74) is 0.0962. The number of nitrogens with zero attached hydrogens (tertiary/aromatic N) is 2. The van der Waals surface area contributed by atoms with E-state index in [4.69, 9.17) is 5.11 Å². The molecule has 0 radical (unpaired) electrons. The van der Waals surface area contributed by atoms with Crippen molar-refractivity contribution in [3.8, 4) is 0 Å². The van der Waals surface area contributed by atoms with Gasteiger partial charge < -0.3 is 15.7 Å². The minimum absolute atomic E-state index is 0.0731. The highest BCUT2D eigenvalue weighted by Gasteiger charge is 2.09. The molecule has 1 heterocycles. The number of aromatic nitrogens is 2. The van der Waals surface area contributed by atoms with Crippen molar-refractivity contribution in [2.24, 2.45) is 0 Å². The number of nitrogens with one attached hydrogen (secondary N) is 2. The van der Waals surface area contributed by atoms with Crippen LogP contribution in [0, 0.1) is 0 Å². The quantitative estimate of drug-likeness (QED) is 0.649. The number of hydrogen-bond acceptors (Lipinski definition) is 5. The molecule has 8 heteroatoms. The second-order valence-corrected chi connectivity index (χ2v) is 4.62. The van der Waals surface area contributed by atoms with Gasteiger partial charge in [-0.15, -0.1) is 0 Å². The molecule has 0 fully saturated rings. The number of rotatable bonds is 7. The van der Waals surface area contributed by atoms with Crippen LogP contribution in [-0.2, 0) is 11.3 Å². The minimum Gasteiger partial charge on any atom is -0.394 e. The summed E-state index contributed by atoms with van der Waals surface area (Å²) in [5.74, 6) is -0.145. The van der Waals surface area contributed by atoms with Gasteiger partial charge in [-0.1, -0.05) is 6.92 Å². The van der Waals surface area contributed by atoms with Gasteiger partial charge in [0.15, 0.2) is 0 Å². The van der Waals surface area contributed by atoms with E-state index >= 15 is 0 Å². The van der Waals surface area contributed by atoms with Crippen molar-refractivity contribution in [1.82, 2.24) is 15.1 Å². The molecule has 3 N–H and O–H groups in total. The maximum Gasteiger partial charge on any atom is 0.283 e. The SMILES string of the molecule is CCCNC(=O)CNc1cnn(CCO)c(=O)c1Br. The van der Waals surface area contributed by atoms with Crippen molar-refractivity contribution >= 4 is 27.5 Å². The van der Waals surface area contributed by atoms with E-state index in [-0.39, 0.29) is 31.2 Å². The molecular weight excluding hydrogens is 316 g/mol. The number of hydrogen-bond donors (Lipinski definition) is 3. The molecule has 1 aromatic rings. The third-order valence-electron chi connectivity index (χ3n) is 2.31. The molecule has 0 aliphatic rings. The first-order chi connectivity index (χ1) is 9.10. The van der Waals surface area contributed by atoms with E-state index in [9.17, 15) is 9.59 Å². The van der Waals surface area contributed by atoms with Crippen LogP contribution in [0.25, 0.3) is 0 Å². The van der Waals surface area contributed by atoms with E-state index in [0.29, 0.717) is 16.7 Å². The van der Waals surface area contributed by atoms with Gasteiger partial charge in [-0.3, -0.25) is 9.59 Å². The summed E-state index contributed by atoms with van der Waals surface area (Å²) in [7, 11) is 0. The molecule has 106 valence electrons. The Hall–Kier alpha value is -1.41. The highest BCUT2D eigenvalue weighted by atomic mass is 79.9. The zero-order valence-electron chi connectivity index (χ0n) is 10.6. The maximum absolute atomic E-state index is 11.8. The summed E-state index contributed by atoms with van der Waals surface area (Å²) in [4.78, 5) is 23.2. The van der Waals surface area contributed by atoms with E-state index in [1.807, 2.05) is 6.92 Å². The summed E-state index contributed by atoms with van der Waals surface area (Å²) in [6, 6.07) is 0. The lowest BCUT2D eigenvalue weighted by atomic mass is 10.4. The van der Waals surface area contributed by atoms with Crippen molar-refractivity contribution in [1.29, 1.82) is 0 Å². The van der Waals surface area contributed by atoms with Crippen molar-refractivity contribution in [3.63, 3.8) is 0 Å². The minimum atomic E-state index is -0.354. The number of carbonyl (C=O) groups excluding carboxylic acids is 1. The first-order valence-electron chi connectivity index (χ1n) is 5.97. The van der Waals surface area contributed by atoms with Gasteiger partial charge in [-0.25, -0.2) is 4.68 Å². The predicted octanol–water partition coefficient (Wildman–Crippen LogP) is -0.0638. The topological polar surface area (TPSA) is 96.2 Å². The summed E-state index contributed by atoms with van der Waals surface area (Å²) in [6.45, 7) is 2.64. The monoisotopic (exact) mass is 332 g/mol. The Balaban J connectivity index is 2.67. The van der Waals surface area contributed by atoms with Gasteiger partial charge in [0.05, 0.1) is 31.6 Å². The normalized spacial score (nSPS) is 10.3. The molecule has 1 rings (SSSR count). The Morgan fingerprint density at radius 3 is 2.95 bits per heavy atom. The van der Waals surface area contributed by atoms with Crippen LogP contribution in [-0.4, -0.2) is 40.5 Å². The lowest BCUT2D eigenvalue weighted by Crippen LogP contribution is -2.31. The third-order valence-corrected chi connectivity index (χ3v) is 3.07. The molecule has 0 aliphatic heterocycles. The summed E-state index contributed by atoms with van der Waals surface area (Å²) in [6.07, 6.45) is 2.31. The van der Waals surface area contributed by atoms with E-state index in [1.165, 1.54) is 6.20 Å². The number of carbonyl (C=O) groups is 1. The predicted molar refractivity (Wildman–Crippen MR) is 75.1 cm³/mol. The van der Waals surface area contributed by atoms with Crippen LogP contribution in [0.2, 0.25) is 0 Å². The largest absolute Gasteiger partial charge is 0.394 e. The van der Waals surface area contributed by atoms with Crippen LogP contribution in [0.15, 0.2) is 15.5 Å². The van der Waals surface area contributed by atoms with Gasteiger partial charge in [0, 0.05) is 6.54 Å². The van der Waals surface area contributed by atoms with Crippen LogP contribution >= 0.6 is 15.9 Å². The van der Waals surface area contributed by atoms with Gasteiger partial charge in [-0.2, -0.15) is 5.10 Å². The number of halogens is 1. The van der Waals surface area contributed by atoms with Gasteiger partial charge in [0.2, 0.25) is 5.91 Å². The second kappa shape index (κ2) is 7.90. The lowest BCUT2D eigenvalue weighted by Gasteiger charge is -2.10. The Morgan fingerprint density at radius 1 is 1.58 bits per heavy atom. The van der Waals surface area contributed by atoms with Crippen LogP contribution in [0.1, 0.15) is 13.3 Å². The Labute approximate surface area is 119 Å². The summed E-state index contributed by atoms with van der Waals surface area (Å²) < 4.78 is 1.44. The molecule has 0 saturated carbocycles. The summed E-state index contributed by atoms with van der Waals surface area (Å²) >= 11 is 3.15. The van der Waals surface area contributed by atoms with Gasteiger partial charge >= 0.3 is 0 Å². The zero-order valence-corrected chi connectivity index (χ0v) is 12.2. The molecule has 0 unspecified atom stereocenters. The fourth-order valence-electron chi connectivity index (χ4n) is 1.34. The zero-order chi connectivity index (χ0) is 14.3. The van der Waals surface area contributed by atoms with Crippen molar-refractivity contribution < 1.29 is 9.90 Å². The smallest absolute Gasteiger partial charge is 0.283 e. The Bertz CT molecular complexity index is 489. The molecule has 0 aromatic carbocycles. The highest BCUT2D eigenvalue weighted by molar-refractivity contribution is 9.10. The molecule has 0 spiro atoms. The first kappa shape index (κ1) is 15.6. The molecule has 1 amide bonds. The van der Waals surface area contributed by atoms with Gasteiger partial charge in [-0.05, 0) is 22.4 Å². The fraction of sp³-hybridized carbons (Fsp3) is 0.545. The van der Waals surface area contributed by atoms with E-state index < -0.39 is 0 Å². The fourth-order valence-corrected chi connectivity index (χ4v) is 1.79. The lowest BCUT2D eigenvalue weighted by molar-refractivity contribution is -0.119. The first-order valence-corrected chi connectivity index (χ1v) is 6.76. The number of anilines is 1. The average Bonchev–Trinajstić information content (AvgIpc) is 2.41. The Kier molecular flexibility index (Phi) is 6.51. The molecule has 0 saturated heterocycles. The third kappa shape index (κ3) is 4.64. The number of aliphatic hydroxyl groups excluding tert-OH is 1. The maximum atomic E-state index is 11.8. The number of amides is 1. The van der Waals surface area contributed by atoms with Crippen molar-refractivity contribution in [2.45, 2.75) is 19.9 Å². The van der Waals surface area contributed by atoms with Crippen molar-refractivity contribution in [2.75, 3.05) is 25.0 Å². The molecule has 0 atom stereocenters. The van der Waals surface area contributed by atoms with E-state index in [2.05, 4.69) is 31.7 Å². The van der Waals surface area contributed by atoms with Crippen LogP contribution in [0.4, 0.5) is 5.69 Å². The summed E-state index contributed by atoms with van der Waals surface area (Å²) in [5, 5.41) is 18.2. The molecule has 7 nitrogen and oxygen atoms in total. The molecule has 0 bridgehead atoms. The van der Waals surface area contributed by atoms with Crippen LogP contribution in [0.5, 0.6) is 0 Å². The highest BCUT2D eigenvalue weighted by Crippen LogP contribution is 2.15. The standard InChI is InChI=1S/C11H17BrN4O3/c1-2-3-13-9(18)7-14-8-6-15-16(4-5-17)11(19)10(8)12/h6,14,17H,2-5,7H2,1H3,(H,13,18). The molecular formula is C11H17BrN4O3.